The van der Waals surface area contributed by atoms with Gasteiger partial charge in [-0.3, -0.25) is 0 Å². The van der Waals surface area contributed by atoms with Crippen LogP contribution in [0.3, 0.4) is 0 Å². The molecule has 0 fully saturated rings. The molecule has 0 bridgehead atoms. The monoisotopic (exact) mass is 209 g/mol. The van der Waals surface area contributed by atoms with E-state index in [4.69, 9.17) is 5.73 Å². The van der Waals surface area contributed by atoms with Crippen LogP contribution in [0.25, 0.3) is 0 Å². The van der Waals surface area contributed by atoms with Crippen LogP contribution in [0.5, 0.6) is 0 Å². The number of nitrogen functional groups attached to an aromatic ring is 1. The van der Waals surface area contributed by atoms with Crippen molar-refractivity contribution in [3.05, 3.63) is 12.4 Å². The van der Waals surface area contributed by atoms with E-state index in [1.165, 1.54) is 0 Å². The lowest BCUT2D eigenvalue weighted by Crippen LogP contribution is -1.76. The first-order chi connectivity index (χ1) is 3.29. The zero-order valence-corrected chi connectivity index (χ0v) is 5.66. The first-order valence-corrected chi connectivity index (χ1v) is 2.72. The molecule has 0 radical (unpaired) electrons. The molecule has 1 aromatic rings. The van der Waals surface area contributed by atoms with Crippen molar-refractivity contribution in [2.45, 2.75) is 0 Å². The van der Waals surface area contributed by atoms with Crippen molar-refractivity contribution in [1.29, 1.82) is 0 Å². The van der Waals surface area contributed by atoms with Crippen LogP contribution in [0, 0.1) is 0 Å². The average molecular weight is 209 g/mol. The fraction of sp³-hybridized carbons (Fsp3) is 0. The largest absolute Gasteiger partial charge is 0.396 e. The zero-order chi connectivity index (χ0) is 5.28. The Morgan fingerprint density at radius 2 is 2.57 bits per heavy atom. The Morgan fingerprint density at radius 3 is 2.71 bits per heavy atom. The van der Waals surface area contributed by atoms with Crippen LogP contribution < -0.4 is 5.73 Å². The summed E-state index contributed by atoms with van der Waals surface area (Å²) in [6.45, 7) is 0. The second-order valence-corrected chi connectivity index (χ2v) is 2.15. The number of halogens is 1. The van der Waals surface area contributed by atoms with Crippen LogP contribution in [0.4, 0.5) is 5.69 Å². The molecular formula is C3H4IN3. The van der Waals surface area contributed by atoms with E-state index in [9.17, 15) is 0 Å². The number of rotatable bonds is 0. The molecule has 0 unspecified atom stereocenters. The average Bonchev–Trinajstić information content (AvgIpc) is 1.87. The Kier molecular flexibility index (Phi) is 1.18. The van der Waals surface area contributed by atoms with Gasteiger partial charge >= 0.3 is 0 Å². The Labute approximate surface area is 55.0 Å². The minimum absolute atomic E-state index is 0.703. The third-order valence-corrected chi connectivity index (χ3v) is 1.10. The molecule has 1 heterocycles. The summed E-state index contributed by atoms with van der Waals surface area (Å²) >= 11 is 2.03. The molecule has 2 N–H and O–H groups in total. The summed E-state index contributed by atoms with van der Waals surface area (Å²) in [7, 11) is 0. The van der Waals surface area contributed by atoms with Crippen LogP contribution in [0.2, 0.25) is 0 Å². The highest BCUT2D eigenvalue weighted by atomic mass is 127. The lowest BCUT2D eigenvalue weighted by molar-refractivity contribution is 1.06. The van der Waals surface area contributed by atoms with Crippen LogP contribution in [-0.4, -0.2) is 7.99 Å². The van der Waals surface area contributed by atoms with Gasteiger partial charge in [-0.1, -0.05) is 0 Å². The zero-order valence-electron chi connectivity index (χ0n) is 3.50. The highest BCUT2D eigenvalue weighted by Gasteiger charge is 1.84. The minimum atomic E-state index is 0.703. The normalized spacial score (nSPS) is 9.29. The van der Waals surface area contributed by atoms with E-state index in [0.29, 0.717) is 5.69 Å². The Balaban J connectivity index is 3.04. The molecule has 0 atom stereocenters. The lowest BCUT2D eigenvalue weighted by atomic mass is 10.6. The van der Waals surface area contributed by atoms with E-state index in [1.807, 2.05) is 22.9 Å². The number of nitrogens with zero attached hydrogens (tertiary/aromatic N) is 2. The molecule has 7 heavy (non-hydrogen) atoms. The number of hydrogen-bond donors (Lipinski definition) is 1. The van der Waals surface area contributed by atoms with E-state index < -0.39 is 0 Å². The molecule has 0 aliphatic carbocycles. The van der Waals surface area contributed by atoms with E-state index >= 15 is 0 Å². The molecule has 1 aromatic heterocycles. The summed E-state index contributed by atoms with van der Waals surface area (Å²) in [6.07, 6.45) is 3.34. The van der Waals surface area contributed by atoms with E-state index in [1.54, 1.807) is 15.3 Å². The summed E-state index contributed by atoms with van der Waals surface area (Å²) in [6, 6.07) is 0. The molecular weight excluding hydrogens is 205 g/mol. The van der Waals surface area contributed by atoms with Crippen molar-refractivity contribution in [3.63, 3.8) is 0 Å². The van der Waals surface area contributed by atoms with E-state index in [2.05, 4.69) is 5.10 Å². The van der Waals surface area contributed by atoms with Crippen LogP contribution in [0.15, 0.2) is 12.4 Å². The SMILES string of the molecule is Nc1cnn(I)c1. The first-order valence-electron chi connectivity index (χ1n) is 1.75. The standard InChI is InChI=1S/C3H4IN3/c4-7-2-3(5)1-6-7/h1-2H,5H2. The molecule has 4 heteroatoms. The van der Waals surface area contributed by atoms with Crippen molar-refractivity contribution in [3.8, 4) is 0 Å². The summed E-state index contributed by atoms with van der Waals surface area (Å²) in [5.41, 5.74) is 5.99. The number of aromatic nitrogens is 2. The van der Waals surface area contributed by atoms with Gasteiger partial charge in [-0.2, -0.15) is 5.10 Å². The highest BCUT2D eigenvalue weighted by molar-refractivity contribution is 14.1. The first kappa shape index (κ1) is 4.89. The molecule has 38 valence electrons. The van der Waals surface area contributed by atoms with Crippen LogP contribution in [-0.2, 0) is 0 Å². The third kappa shape index (κ3) is 1.05. The molecule has 0 amide bonds. The van der Waals surface area contributed by atoms with Gasteiger partial charge in [0, 0.05) is 0 Å². The maximum Gasteiger partial charge on any atom is 0.0844 e. The molecule has 0 aliphatic heterocycles. The van der Waals surface area contributed by atoms with Crippen LogP contribution in [0.1, 0.15) is 0 Å². The number of nitrogens with two attached hydrogens (primary N) is 1. The third-order valence-electron chi connectivity index (χ3n) is 0.573. The lowest BCUT2D eigenvalue weighted by Gasteiger charge is -1.74. The predicted octanol–water partition coefficient (Wildman–Crippen LogP) is 0.663. The highest BCUT2D eigenvalue weighted by Crippen LogP contribution is 1.99. The quantitative estimate of drug-likeness (QED) is 0.638. The Morgan fingerprint density at radius 1 is 1.86 bits per heavy atom. The molecule has 1 rings (SSSR count). The Hall–Kier alpha value is -0.260. The van der Waals surface area contributed by atoms with Crippen LogP contribution >= 0.6 is 22.9 Å². The summed E-state index contributed by atoms with van der Waals surface area (Å²) < 4.78 is 1.63. The van der Waals surface area contributed by atoms with Crippen molar-refractivity contribution in [1.82, 2.24) is 7.99 Å². The van der Waals surface area contributed by atoms with Crippen molar-refractivity contribution in [2.75, 3.05) is 5.73 Å². The minimum Gasteiger partial charge on any atom is -0.396 e. The number of hydrogen-bond acceptors (Lipinski definition) is 2. The van der Waals surface area contributed by atoms with Crippen molar-refractivity contribution >= 4 is 28.6 Å². The van der Waals surface area contributed by atoms with Gasteiger partial charge in [0.2, 0.25) is 0 Å². The fourth-order valence-electron chi connectivity index (χ4n) is 0.311. The summed E-state index contributed by atoms with van der Waals surface area (Å²) in [5.74, 6) is 0. The second kappa shape index (κ2) is 1.69. The van der Waals surface area contributed by atoms with Gasteiger partial charge in [0.15, 0.2) is 0 Å². The van der Waals surface area contributed by atoms with Crippen molar-refractivity contribution in [2.24, 2.45) is 0 Å². The van der Waals surface area contributed by atoms with E-state index in [-0.39, 0.29) is 0 Å². The molecule has 0 saturated heterocycles. The van der Waals surface area contributed by atoms with Gasteiger partial charge in [-0.25, -0.2) is 2.90 Å². The smallest absolute Gasteiger partial charge is 0.0844 e. The number of anilines is 1. The Bertz CT molecular complexity index is 142. The van der Waals surface area contributed by atoms with Crippen molar-refractivity contribution < 1.29 is 0 Å². The fourth-order valence-corrected chi connectivity index (χ4v) is 0.758. The van der Waals surface area contributed by atoms with Gasteiger partial charge in [0.25, 0.3) is 0 Å². The maximum atomic E-state index is 5.29. The molecule has 0 spiro atoms. The maximum absolute atomic E-state index is 5.29. The van der Waals surface area contributed by atoms with Gasteiger partial charge in [-0.15, -0.1) is 0 Å². The molecule has 0 aliphatic rings. The molecule has 3 nitrogen and oxygen atoms in total. The van der Waals surface area contributed by atoms with Gasteiger partial charge in [-0.05, 0) is 0 Å². The van der Waals surface area contributed by atoms with Gasteiger partial charge in [0.1, 0.15) is 0 Å². The summed E-state index contributed by atoms with van der Waals surface area (Å²) in [5, 5.41) is 3.79. The molecule has 0 aromatic carbocycles. The molecule has 0 saturated carbocycles. The topological polar surface area (TPSA) is 43.8 Å². The van der Waals surface area contributed by atoms with E-state index in [0.717, 1.165) is 0 Å². The van der Waals surface area contributed by atoms with Gasteiger partial charge < -0.3 is 5.73 Å². The van der Waals surface area contributed by atoms with Gasteiger partial charge in [0.05, 0.1) is 40.9 Å². The summed E-state index contributed by atoms with van der Waals surface area (Å²) in [4.78, 5) is 0. The predicted molar refractivity (Wildman–Crippen MR) is 36.1 cm³/mol. The second-order valence-electron chi connectivity index (χ2n) is 1.16.